The third kappa shape index (κ3) is 3.09. The number of pyridine rings is 1. The zero-order chi connectivity index (χ0) is 12.9. The Balaban J connectivity index is 2.75. The average molecular weight is 237 g/mol. The Morgan fingerprint density at radius 2 is 2.06 bits per heavy atom. The molecule has 0 unspecified atom stereocenters. The lowest BCUT2D eigenvalue weighted by atomic mass is 9.83. The van der Waals surface area contributed by atoms with Crippen molar-refractivity contribution in [2.45, 2.75) is 33.6 Å². The van der Waals surface area contributed by atoms with E-state index in [0.717, 1.165) is 18.4 Å². The quantitative estimate of drug-likeness (QED) is 0.709. The molecule has 17 heavy (non-hydrogen) atoms. The number of aryl methyl sites for hydroxylation is 1. The smallest absolute Gasteiger partial charge is 0.149 e. The van der Waals surface area contributed by atoms with Crippen LogP contribution < -0.4 is 11.1 Å². The summed E-state index contributed by atoms with van der Waals surface area (Å²) < 4.78 is 0. The summed E-state index contributed by atoms with van der Waals surface area (Å²) in [5.41, 5.74) is 7.57. The van der Waals surface area contributed by atoms with Gasteiger partial charge in [0.05, 0.1) is 12.3 Å². The molecular formula is C13H23N3O. The van der Waals surface area contributed by atoms with E-state index in [1.54, 1.807) is 6.20 Å². The molecule has 0 atom stereocenters. The predicted molar refractivity (Wildman–Crippen MR) is 72.0 cm³/mol. The van der Waals surface area contributed by atoms with Crippen LogP contribution in [-0.4, -0.2) is 23.2 Å². The maximum atomic E-state index is 9.49. The summed E-state index contributed by atoms with van der Waals surface area (Å²) in [7, 11) is 0. The van der Waals surface area contributed by atoms with Crippen molar-refractivity contribution in [1.82, 2.24) is 4.98 Å². The summed E-state index contributed by atoms with van der Waals surface area (Å²) in [6, 6.07) is 1.89. The van der Waals surface area contributed by atoms with Crippen LogP contribution in [0.4, 0.5) is 11.5 Å². The zero-order valence-electron chi connectivity index (χ0n) is 11.0. The molecule has 96 valence electrons. The van der Waals surface area contributed by atoms with Gasteiger partial charge in [0.2, 0.25) is 0 Å². The van der Waals surface area contributed by atoms with Gasteiger partial charge in [0, 0.05) is 18.2 Å². The number of hydrogen-bond donors (Lipinski definition) is 3. The van der Waals surface area contributed by atoms with Crippen LogP contribution >= 0.6 is 0 Å². The van der Waals surface area contributed by atoms with Crippen LogP contribution in [0.15, 0.2) is 12.3 Å². The van der Waals surface area contributed by atoms with Crippen molar-refractivity contribution in [3.63, 3.8) is 0 Å². The minimum Gasteiger partial charge on any atom is -0.396 e. The molecule has 1 aromatic rings. The van der Waals surface area contributed by atoms with Crippen molar-refractivity contribution in [2.75, 3.05) is 24.2 Å². The predicted octanol–water partition coefficient (Wildman–Crippen LogP) is 2.18. The Bertz CT molecular complexity index is 353. The first kappa shape index (κ1) is 13.8. The number of aliphatic hydroxyl groups is 1. The van der Waals surface area contributed by atoms with Crippen molar-refractivity contribution >= 4 is 11.5 Å². The molecule has 0 aliphatic rings. The number of nitrogens with two attached hydrogens (primary N) is 1. The third-order valence-corrected chi connectivity index (χ3v) is 3.67. The normalized spacial score (nSPS) is 11.5. The van der Waals surface area contributed by atoms with Crippen LogP contribution in [0.5, 0.6) is 0 Å². The fourth-order valence-electron chi connectivity index (χ4n) is 1.76. The minimum atomic E-state index is -0.0855. The van der Waals surface area contributed by atoms with Gasteiger partial charge in [-0.2, -0.15) is 0 Å². The summed E-state index contributed by atoms with van der Waals surface area (Å²) in [4.78, 5) is 4.23. The molecule has 1 rings (SSSR count). The molecule has 0 aliphatic carbocycles. The Kier molecular flexibility index (Phi) is 4.75. The largest absolute Gasteiger partial charge is 0.396 e. The molecule has 1 aromatic heterocycles. The number of rotatable bonds is 6. The molecule has 4 heteroatoms. The van der Waals surface area contributed by atoms with Crippen LogP contribution in [-0.2, 0) is 0 Å². The Hall–Kier alpha value is -1.29. The van der Waals surface area contributed by atoms with Gasteiger partial charge in [-0.05, 0) is 31.4 Å². The summed E-state index contributed by atoms with van der Waals surface area (Å²) in [5.74, 6) is 0.713. The molecular weight excluding hydrogens is 214 g/mol. The highest BCUT2D eigenvalue weighted by Crippen LogP contribution is 2.27. The van der Waals surface area contributed by atoms with E-state index in [4.69, 9.17) is 5.73 Å². The number of aromatic nitrogens is 1. The topological polar surface area (TPSA) is 71.2 Å². The lowest BCUT2D eigenvalue weighted by Gasteiger charge is -2.30. The monoisotopic (exact) mass is 237 g/mol. The number of hydrogen-bond acceptors (Lipinski definition) is 4. The first-order chi connectivity index (χ1) is 8.08. The highest BCUT2D eigenvalue weighted by Gasteiger charge is 2.25. The lowest BCUT2D eigenvalue weighted by Crippen LogP contribution is -2.32. The van der Waals surface area contributed by atoms with Crippen molar-refractivity contribution in [3.05, 3.63) is 17.8 Å². The van der Waals surface area contributed by atoms with Crippen molar-refractivity contribution in [3.8, 4) is 0 Å². The van der Waals surface area contributed by atoms with E-state index in [1.165, 1.54) is 0 Å². The fraction of sp³-hybridized carbons (Fsp3) is 0.615. The van der Waals surface area contributed by atoms with Crippen LogP contribution in [0.2, 0.25) is 0 Å². The van der Waals surface area contributed by atoms with Gasteiger partial charge in [0.25, 0.3) is 0 Å². The maximum Gasteiger partial charge on any atom is 0.149 e. The van der Waals surface area contributed by atoms with Gasteiger partial charge in [-0.1, -0.05) is 13.8 Å². The Morgan fingerprint density at radius 3 is 2.59 bits per heavy atom. The molecule has 0 fully saturated rings. The molecule has 0 aliphatic heterocycles. The van der Waals surface area contributed by atoms with Crippen LogP contribution in [0, 0.1) is 12.3 Å². The van der Waals surface area contributed by atoms with Crippen molar-refractivity contribution in [2.24, 2.45) is 5.41 Å². The number of anilines is 2. The van der Waals surface area contributed by atoms with Gasteiger partial charge in [-0.3, -0.25) is 0 Å². The van der Waals surface area contributed by atoms with Gasteiger partial charge in [-0.15, -0.1) is 0 Å². The standard InChI is InChI=1S/C13H23N3O/c1-4-13(5-2,9-17)8-16-12-11(14)10(3)6-7-15-12/h6-7,17H,4-5,8-9,14H2,1-3H3,(H,15,16). The molecule has 1 heterocycles. The second-order valence-corrected chi connectivity index (χ2v) is 4.61. The fourth-order valence-corrected chi connectivity index (χ4v) is 1.76. The molecule has 4 nitrogen and oxygen atoms in total. The molecule has 0 saturated heterocycles. The summed E-state index contributed by atoms with van der Waals surface area (Å²) in [6.45, 7) is 7.01. The summed E-state index contributed by atoms with van der Waals surface area (Å²) in [6.07, 6.45) is 3.60. The Labute approximate surface area is 103 Å². The zero-order valence-corrected chi connectivity index (χ0v) is 11.0. The summed E-state index contributed by atoms with van der Waals surface area (Å²) >= 11 is 0. The van der Waals surface area contributed by atoms with E-state index in [-0.39, 0.29) is 12.0 Å². The summed E-state index contributed by atoms with van der Waals surface area (Å²) in [5, 5.41) is 12.7. The molecule has 0 spiro atoms. The number of nitrogens with zero attached hydrogens (tertiary/aromatic N) is 1. The Morgan fingerprint density at radius 1 is 1.41 bits per heavy atom. The minimum absolute atomic E-state index is 0.0855. The highest BCUT2D eigenvalue weighted by atomic mass is 16.3. The molecule has 0 saturated carbocycles. The van der Waals surface area contributed by atoms with Crippen LogP contribution in [0.3, 0.4) is 0 Å². The van der Waals surface area contributed by atoms with Crippen LogP contribution in [0.25, 0.3) is 0 Å². The maximum absolute atomic E-state index is 9.49. The van der Waals surface area contributed by atoms with Crippen molar-refractivity contribution in [1.29, 1.82) is 0 Å². The second kappa shape index (κ2) is 5.87. The van der Waals surface area contributed by atoms with Gasteiger partial charge in [0.15, 0.2) is 0 Å². The molecule has 0 amide bonds. The second-order valence-electron chi connectivity index (χ2n) is 4.61. The van der Waals surface area contributed by atoms with E-state index < -0.39 is 0 Å². The number of nitrogen functional groups attached to an aromatic ring is 1. The first-order valence-corrected chi connectivity index (χ1v) is 6.14. The number of aliphatic hydroxyl groups excluding tert-OH is 1. The first-order valence-electron chi connectivity index (χ1n) is 6.14. The SMILES string of the molecule is CCC(CC)(CO)CNc1nccc(C)c1N. The molecule has 4 N–H and O–H groups in total. The van der Waals surface area contributed by atoms with Crippen molar-refractivity contribution < 1.29 is 5.11 Å². The van der Waals surface area contributed by atoms with E-state index in [2.05, 4.69) is 24.1 Å². The lowest BCUT2D eigenvalue weighted by molar-refractivity contribution is 0.127. The van der Waals surface area contributed by atoms with E-state index >= 15 is 0 Å². The third-order valence-electron chi connectivity index (χ3n) is 3.67. The van der Waals surface area contributed by atoms with Gasteiger partial charge in [0.1, 0.15) is 5.82 Å². The van der Waals surface area contributed by atoms with Crippen LogP contribution in [0.1, 0.15) is 32.3 Å². The number of nitrogens with one attached hydrogen (secondary N) is 1. The van der Waals surface area contributed by atoms with Gasteiger partial charge in [-0.25, -0.2) is 4.98 Å². The van der Waals surface area contributed by atoms with Gasteiger partial charge < -0.3 is 16.2 Å². The molecule has 0 radical (unpaired) electrons. The highest BCUT2D eigenvalue weighted by molar-refractivity contribution is 5.64. The molecule has 0 aromatic carbocycles. The van der Waals surface area contributed by atoms with Gasteiger partial charge >= 0.3 is 0 Å². The van der Waals surface area contributed by atoms with E-state index in [9.17, 15) is 5.11 Å². The molecule has 0 bridgehead atoms. The van der Waals surface area contributed by atoms with E-state index in [1.807, 2.05) is 13.0 Å². The average Bonchev–Trinajstić information content (AvgIpc) is 2.36. The van der Waals surface area contributed by atoms with E-state index in [0.29, 0.717) is 18.1 Å².